The van der Waals surface area contributed by atoms with Crippen LogP contribution in [0.1, 0.15) is 49.0 Å². The fourth-order valence-electron chi connectivity index (χ4n) is 2.69. The Balaban J connectivity index is 1.98. The third-order valence-corrected chi connectivity index (χ3v) is 4.84. The molecule has 2 amide bonds. The highest BCUT2D eigenvalue weighted by molar-refractivity contribution is 7.10. The minimum atomic E-state index is -0.146. The van der Waals surface area contributed by atoms with Gasteiger partial charge in [-0.25, -0.2) is 0 Å². The molecule has 0 aliphatic carbocycles. The monoisotopic (exact) mass is 373 g/mol. The minimum absolute atomic E-state index is 0.0106. The van der Waals surface area contributed by atoms with Gasteiger partial charge in [0.1, 0.15) is 0 Å². The smallest absolute Gasteiger partial charge is 0.251 e. The van der Waals surface area contributed by atoms with Crippen molar-refractivity contribution in [2.75, 3.05) is 18.4 Å². The average molecular weight is 374 g/mol. The second-order valence-corrected chi connectivity index (χ2v) is 8.16. The number of benzene rings is 1. The normalized spacial score (nSPS) is 12.5. The third-order valence-electron chi connectivity index (χ3n) is 3.91. The molecule has 140 valence electrons. The number of carbonyl (C=O) groups is 2. The van der Waals surface area contributed by atoms with E-state index in [1.54, 1.807) is 35.6 Å². The molecule has 0 spiro atoms. The summed E-state index contributed by atoms with van der Waals surface area (Å²) < 4.78 is 0. The van der Waals surface area contributed by atoms with Crippen LogP contribution in [0.25, 0.3) is 0 Å². The van der Waals surface area contributed by atoms with E-state index >= 15 is 0 Å². The Labute approximate surface area is 159 Å². The number of carbonyl (C=O) groups excluding carboxylic acids is 2. The van der Waals surface area contributed by atoms with Crippen LogP contribution in [0.5, 0.6) is 0 Å². The first-order valence-electron chi connectivity index (χ1n) is 8.76. The Bertz CT molecular complexity index is 736. The van der Waals surface area contributed by atoms with Crippen LogP contribution in [-0.4, -0.2) is 24.9 Å². The van der Waals surface area contributed by atoms with Crippen molar-refractivity contribution in [1.82, 2.24) is 10.6 Å². The summed E-state index contributed by atoms with van der Waals surface area (Å²) in [6.07, 6.45) is 0. The highest BCUT2D eigenvalue weighted by Crippen LogP contribution is 2.34. The van der Waals surface area contributed by atoms with Crippen molar-refractivity contribution in [2.24, 2.45) is 5.41 Å². The first-order chi connectivity index (χ1) is 12.3. The van der Waals surface area contributed by atoms with Gasteiger partial charge in [0.05, 0.1) is 6.54 Å². The van der Waals surface area contributed by atoms with Crippen molar-refractivity contribution in [3.63, 3.8) is 0 Å². The Morgan fingerprint density at radius 3 is 2.54 bits per heavy atom. The third kappa shape index (κ3) is 5.68. The van der Waals surface area contributed by atoms with Gasteiger partial charge in [0.25, 0.3) is 5.91 Å². The SMILES string of the molecule is CCNC(=O)c1cccc(NC(=O)CNC(c2cccs2)C(C)(C)C)c1. The molecule has 2 rings (SSSR count). The molecule has 1 unspecified atom stereocenters. The molecule has 1 aromatic heterocycles. The maximum atomic E-state index is 12.3. The van der Waals surface area contributed by atoms with Crippen LogP contribution in [0.3, 0.4) is 0 Å². The van der Waals surface area contributed by atoms with Crippen LogP contribution in [-0.2, 0) is 4.79 Å². The zero-order chi connectivity index (χ0) is 19.2. The first kappa shape index (κ1) is 20.1. The lowest BCUT2D eigenvalue weighted by Gasteiger charge is -2.30. The highest BCUT2D eigenvalue weighted by Gasteiger charge is 2.27. The lowest BCUT2D eigenvalue weighted by Crippen LogP contribution is -2.37. The summed E-state index contributed by atoms with van der Waals surface area (Å²) in [6, 6.07) is 11.1. The molecule has 1 heterocycles. The molecule has 3 N–H and O–H groups in total. The Morgan fingerprint density at radius 2 is 1.92 bits per heavy atom. The van der Waals surface area contributed by atoms with Gasteiger partial charge in [-0.15, -0.1) is 11.3 Å². The summed E-state index contributed by atoms with van der Waals surface area (Å²) in [6.45, 7) is 9.09. The van der Waals surface area contributed by atoms with E-state index < -0.39 is 0 Å². The molecule has 0 fully saturated rings. The summed E-state index contributed by atoms with van der Waals surface area (Å²) in [4.78, 5) is 25.5. The van der Waals surface area contributed by atoms with E-state index in [2.05, 4.69) is 42.8 Å². The molecule has 5 nitrogen and oxygen atoms in total. The van der Waals surface area contributed by atoms with Crippen molar-refractivity contribution < 1.29 is 9.59 Å². The van der Waals surface area contributed by atoms with Gasteiger partial charge in [-0.2, -0.15) is 0 Å². The van der Waals surface area contributed by atoms with Crippen molar-refractivity contribution in [1.29, 1.82) is 0 Å². The standard InChI is InChI=1S/C20H27N3O2S/c1-5-21-19(25)14-8-6-9-15(12-14)23-17(24)13-22-18(20(2,3)4)16-10-7-11-26-16/h6-12,18,22H,5,13H2,1-4H3,(H,21,25)(H,23,24). The van der Waals surface area contributed by atoms with Crippen molar-refractivity contribution >= 4 is 28.8 Å². The zero-order valence-corrected chi connectivity index (χ0v) is 16.6. The quantitative estimate of drug-likeness (QED) is 0.691. The van der Waals surface area contributed by atoms with E-state index in [9.17, 15) is 9.59 Å². The summed E-state index contributed by atoms with van der Waals surface area (Å²) in [5, 5.41) is 11.0. The summed E-state index contributed by atoms with van der Waals surface area (Å²) in [5.74, 6) is -0.281. The molecular weight excluding hydrogens is 346 g/mol. The second kappa shape index (κ2) is 8.96. The fourth-order valence-corrected chi connectivity index (χ4v) is 3.73. The van der Waals surface area contributed by atoms with Crippen LogP contribution in [0.2, 0.25) is 0 Å². The van der Waals surface area contributed by atoms with Crippen molar-refractivity contribution in [3.05, 3.63) is 52.2 Å². The van der Waals surface area contributed by atoms with E-state index in [1.165, 1.54) is 4.88 Å². The minimum Gasteiger partial charge on any atom is -0.352 e. The predicted molar refractivity (Wildman–Crippen MR) is 108 cm³/mol. The lowest BCUT2D eigenvalue weighted by atomic mass is 9.86. The molecule has 0 aliphatic rings. The Morgan fingerprint density at radius 1 is 1.15 bits per heavy atom. The molecule has 0 saturated heterocycles. The maximum absolute atomic E-state index is 12.3. The molecule has 0 saturated carbocycles. The van der Waals surface area contributed by atoms with E-state index in [0.29, 0.717) is 17.8 Å². The number of hydrogen-bond donors (Lipinski definition) is 3. The molecule has 6 heteroatoms. The number of anilines is 1. The first-order valence-corrected chi connectivity index (χ1v) is 9.64. The van der Waals surface area contributed by atoms with Crippen molar-refractivity contribution in [2.45, 2.75) is 33.7 Å². The average Bonchev–Trinajstić information content (AvgIpc) is 3.08. The van der Waals surface area contributed by atoms with E-state index in [0.717, 1.165) is 0 Å². The van der Waals surface area contributed by atoms with Gasteiger partial charge in [0, 0.05) is 28.7 Å². The number of nitrogens with one attached hydrogen (secondary N) is 3. The molecule has 2 aromatic rings. The number of rotatable bonds is 7. The van der Waals surface area contributed by atoms with Crippen LogP contribution in [0, 0.1) is 5.41 Å². The number of hydrogen-bond acceptors (Lipinski definition) is 4. The van der Waals surface area contributed by atoms with E-state index in [1.807, 2.05) is 18.4 Å². The van der Waals surface area contributed by atoms with Gasteiger partial charge >= 0.3 is 0 Å². The molecule has 26 heavy (non-hydrogen) atoms. The van der Waals surface area contributed by atoms with Crippen LogP contribution < -0.4 is 16.0 Å². The summed E-state index contributed by atoms with van der Waals surface area (Å²) in [5.41, 5.74) is 1.14. The summed E-state index contributed by atoms with van der Waals surface area (Å²) >= 11 is 1.68. The Hall–Kier alpha value is -2.18. The predicted octanol–water partition coefficient (Wildman–Crippen LogP) is 3.81. The van der Waals surface area contributed by atoms with Gasteiger partial charge in [-0.1, -0.05) is 32.9 Å². The second-order valence-electron chi connectivity index (χ2n) is 7.18. The number of thiophene rings is 1. The lowest BCUT2D eigenvalue weighted by molar-refractivity contribution is -0.115. The molecule has 0 bridgehead atoms. The maximum Gasteiger partial charge on any atom is 0.251 e. The van der Waals surface area contributed by atoms with Gasteiger partial charge in [-0.05, 0) is 42.0 Å². The van der Waals surface area contributed by atoms with Crippen LogP contribution >= 0.6 is 11.3 Å². The Kier molecular flexibility index (Phi) is 6.94. The highest BCUT2D eigenvalue weighted by atomic mass is 32.1. The molecule has 1 aromatic carbocycles. The molecule has 1 atom stereocenters. The topological polar surface area (TPSA) is 70.2 Å². The molecular formula is C20H27N3O2S. The zero-order valence-electron chi connectivity index (χ0n) is 15.8. The van der Waals surface area contributed by atoms with Gasteiger partial charge < -0.3 is 16.0 Å². The van der Waals surface area contributed by atoms with Gasteiger partial charge in [-0.3, -0.25) is 9.59 Å². The molecule has 0 aliphatic heterocycles. The van der Waals surface area contributed by atoms with E-state index in [-0.39, 0.29) is 29.8 Å². The van der Waals surface area contributed by atoms with Crippen molar-refractivity contribution in [3.8, 4) is 0 Å². The largest absolute Gasteiger partial charge is 0.352 e. The van der Waals surface area contributed by atoms with E-state index in [4.69, 9.17) is 0 Å². The van der Waals surface area contributed by atoms with Crippen LogP contribution in [0.4, 0.5) is 5.69 Å². The van der Waals surface area contributed by atoms with Crippen LogP contribution in [0.15, 0.2) is 41.8 Å². The molecule has 0 radical (unpaired) electrons. The number of amides is 2. The fraction of sp³-hybridized carbons (Fsp3) is 0.400. The van der Waals surface area contributed by atoms with Gasteiger partial charge in [0.2, 0.25) is 5.91 Å². The summed E-state index contributed by atoms with van der Waals surface area (Å²) in [7, 11) is 0. The van der Waals surface area contributed by atoms with Gasteiger partial charge in [0.15, 0.2) is 0 Å².